The van der Waals surface area contributed by atoms with Gasteiger partial charge in [-0.05, 0) is 25.1 Å². The number of nitrogens with one attached hydrogen (secondary N) is 1. The Kier molecular flexibility index (Phi) is 3.97. The molecular formula is C18H21N3O2. The molecule has 1 amide bonds. The second kappa shape index (κ2) is 6.26. The van der Waals surface area contributed by atoms with Gasteiger partial charge in [-0.25, -0.2) is 0 Å². The maximum absolute atomic E-state index is 12.0. The first kappa shape index (κ1) is 14.6. The van der Waals surface area contributed by atoms with E-state index in [1.54, 1.807) is 0 Å². The van der Waals surface area contributed by atoms with Crippen LogP contribution in [-0.4, -0.2) is 48.1 Å². The molecule has 1 aromatic carbocycles. The van der Waals surface area contributed by atoms with E-state index < -0.39 is 0 Å². The number of pyridine rings is 1. The molecule has 120 valence electrons. The zero-order valence-corrected chi connectivity index (χ0v) is 13.1. The van der Waals surface area contributed by atoms with Gasteiger partial charge in [-0.15, -0.1) is 0 Å². The van der Waals surface area contributed by atoms with Gasteiger partial charge >= 0.3 is 0 Å². The van der Waals surface area contributed by atoms with E-state index in [-0.39, 0.29) is 17.9 Å². The summed E-state index contributed by atoms with van der Waals surface area (Å²) in [6, 6.07) is 12.4. The quantitative estimate of drug-likeness (QED) is 0.915. The Hall–Kier alpha value is -1.98. The molecule has 2 aliphatic rings. The number of hydrogen-bond donors (Lipinski definition) is 1. The van der Waals surface area contributed by atoms with Crippen LogP contribution in [0.2, 0.25) is 0 Å². The third-order valence-electron chi connectivity index (χ3n) is 4.75. The highest BCUT2D eigenvalue weighted by Gasteiger charge is 2.36. The van der Waals surface area contributed by atoms with Gasteiger partial charge < -0.3 is 10.1 Å². The van der Waals surface area contributed by atoms with Crippen LogP contribution in [0.15, 0.2) is 36.4 Å². The number of para-hydroxylation sites is 1. The monoisotopic (exact) mass is 311 g/mol. The molecule has 5 heteroatoms. The largest absolute Gasteiger partial charge is 0.374 e. The molecule has 3 heterocycles. The summed E-state index contributed by atoms with van der Waals surface area (Å²) in [4.78, 5) is 19.1. The summed E-state index contributed by atoms with van der Waals surface area (Å²) in [5.41, 5.74) is 2.10. The van der Waals surface area contributed by atoms with Crippen LogP contribution < -0.4 is 5.32 Å². The molecule has 5 nitrogen and oxygen atoms in total. The number of hydrogen-bond acceptors (Lipinski definition) is 4. The fourth-order valence-corrected chi connectivity index (χ4v) is 3.53. The lowest BCUT2D eigenvalue weighted by Gasteiger charge is -2.36. The molecule has 2 atom stereocenters. The fourth-order valence-electron chi connectivity index (χ4n) is 3.53. The van der Waals surface area contributed by atoms with Crippen molar-refractivity contribution >= 4 is 16.8 Å². The molecule has 0 spiro atoms. The van der Waals surface area contributed by atoms with Gasteiger partial charge in [0.1, 0.15) is 0 Å². The molecule has 1 aromatic heterocycles. The Morgan fingerprint density at radius 3 is 3.13 bits per heavy atom. The summed E-state index contributed by atoms with van der Waals surface area (Å²) in [7, 11) is 0. The molecule has 2 saturated heterocycles. The Labute approximate surface area is 135 Å². The molecule has 2 aromatic rings. The molecule has 0 aliphatic carbocycles. The topological polar surface area (TPSA) is 54.5 Å². The number of fused-ring (bicyclic) bond motifs is 2. The Bertz CT molecular complexity index is 718. The number of piperidine rings is 1. The highest BCUT2D eigenvalue weighted by molar-refractivity contribution is 5.79. The van der Waals surface area contributed by atoms with E-state index in [9.17, 15) is 4.79 Å². The highest BCUT2D eigenvalue weighted by atomic mass is 16.5. The molecule has 0 saturated carbocycles. The molecule has 2 fully saturated rings. The van der Waals surface area contributed by atoms with Crippen LogP contribution in [0.4, 0.5) is 0 Å². The second-order valence-electron chi connectivity index (χ2n) is 6.33. The zero-order valence-electron chi connectivity index (χ0n) is 13.1. The molecular weight excluding hydrogens is 290 g/mol. The minimum atomic E-state index is -0.00156. The van der Waals surface area contributed by atoms with E-state index in [1.807, 2.05) is 18.2 Å². The van der Waals surface area contributed by atoms with Crippen LogP contribution in [0.3, 0.4) is 0 Å². The minimum Gasteiger partial charge on any atom is -0.374 e. The predicted molar refractivity (Wildman–Crippen MR) is 87.9 cm³/mol. The van der Waals surface area contributed by atoms with Crippen molar-refractivity contribution in [1.82, 2.24) is 15.2 Å². The van der Waals surface area contributed by atoms with Crippen LogP contribution in [0.25, 0.3) is 10.9 Å². The smallest absolute Gasteiger partial charge is 0.225 e. The zero-order chi connectivity index (χ0) is 15.6. The summed E-state index contributed by atoms with van der Waals surface area (Å²) >= 11 is 0. The normalized spacial score (nSPS) is 25.7. The van der Waals surface area contributed by atoms with Crippen molar-refractivity contribution in [3.63, 3.8) is 0 Å². The van der Waals surface area contributed by atoms with Gasteiger partial charge in [0.05, 0.1) is 29.8 Å². The van der Waals surface area contributed by atoms with E-state index in [0.717, 1.165) is 37.3 Å². The number of likely N-dealkylation sites (tertiary alicyclic amines) is 1. The van der Waals surface area contributed by atoms with Crippen molar-refractivity contribution in [3.8, 4) is 0 Å². The Morgan fingerprint density at radius 1 is 1.26 bits per heavy atom. The van der Waals surface area contributed by atoms with Gasteiger partial charge in [0.25, 0.3) is 0 Å². The van der Waals surface area contributed by atoms with Gasteiger partial charge in [-0.3, -0.25) is 14.7 Å². The van der Waals surface area contributed by atoms with E-state index in [0.29, 0.717) is 13.2 Å². The number of carbonyl (C=O) groups is 1. The maximum Gasteiger partial charge on any atom is 0.225 e. The average molecular weight is 311 g/mol. The standard InChI is InChI=1S/C18H21N3O2/c22-18-15-7-9-21(12-17(15)23-10-8-19-18)11-14-6-5-13-3-1-2-4-16(13)20-14/h1-6,15,17H,7-12H2,(H,19,22)/t15-,17+/m1/s1. The van der Waals surface area contributed by atoms with Gasteiger partial charge in [0, 0.05) is 25.0 Å². The lowest BCUT2D eigenvalue weighted by atomic mass is 9.93. The first-order chi connectivity index (χ1) is 11.3. The van der Waals surface area contributed by atoms with Crippen LogP contribution in [-0.2, 0) is 16.1 Å². The molecule has 23 heavy (non-hydrogen) atoms. The van der Waals surface area contributed by atoms with E-state index in [4.69, 9.17) is 9.72 Å². The van der Waals surface area contributed by atoms with E-state index in [1.165, 1.54) is 5.39 Å². The minimum absolute atomic E-state index is 0.00156. The van der Waals surface area contributed by atoms with Crippen molar-refractivity contribution in [2.75, 3.05) is 26.2 Å². The third-order valence-corrected chi connectivity index (χ3v) is 4.75. The van der Waals surface area contributed by atoms with Gasteiger partial charge in [-0.2, -0.15) is 0 Å². The van der Waals surface area contributed by atoms with Crippen molar-refractivity contribution in [1.29, 1.82) is 0 Å². The van der Waals surface area contributed by atoms with Gasteiger partial charge in [0.15, 0.2) is 0 Å². The summed E-state index contributed by atoms with van der Waals surface area (Å²) in [5.74, 6) is 0.147. The molecule has 0 radical (unpaired) electrons. The van der Waals surface area contributed by atoms with Crippen molar-refractivity contribution in [2.24, 2.45) is 5.92 Å². The van der Waals surface area contributed by atoms with Crippen LogP contribution >= 0.6 is 0 Å². The first-order valence-corrected chi connectivity index (χ1v) is 8.26. The summed E-state index contributed by atoms with van der Waals surface area (Å²) in [6.45, 7) is 3.74. The lowest BCUT2D eigenvalue weighted by molar-refractivity contribution is -0.130. The predicted octanol–water partition coefficient (Wildman–Crippen LogP) is 1.57. The number of amides is 1. The van der Waals surface area contributed by atoms with Crippen molar-refractivity contribution < 1.29 is 9.53 Å². The summed E-state index contributed by atoms with van der Waals surface area (Å²) in [5, 5.41) is 4.10. The van der Waals surface area contributed by atoms with Crippen molar-refractivity contribution in [3.05, 3.63) is 42.1 Å². The average Bonchev–Trinajstić information content (AvgIpc) is 2.76. The van der Waals surface area contributed by atoms with Crippen LogP contribution in [0.5, 0.6) is 0 Å². The number of aromatic nitrogens is 1. The summed E-state index contributed by atoms with van der Waals surface area (Å²) in [6.07, 6.45) is 0.857. The third kappa shape index (κ3) is 3.07. The van der Waals surface area contributed by atoms with Crippen molar-refractivity contribution in [2.45, 2.75) is 19.1 Å². The van der Waals surface area contributed by atoms with Crippen LogP contribution in [0, 0.1) is 5.92 Å². The Balaban J connectivity index is 1.47. The Morgan fingerprint density at radius 2 is 2.17 bits per heavy atom. The van der Waals surface area contributed by atoms with Crippen LogP contribution in [0.1, 0.15) is 12.1 Å². The fraction of sp³-hybridized carbons (Fsp3) is 0.444. The highest BCUT2D eigenvalue weighted by Crippen LogP contribution is 2.23. The van der Waals surface area contributed by atoms with Gasteiger partial charge in [0.2, 0.25) is 5.91 Å². The molecule has 0 unspecified atom stereocenters. The number of carbonyl (C=O) groups excluding carboxylic acids is 1. The number of rotatable bonds is 2. The summed E-state index contributed by atoms with van der Waals surface area (Å²) < 4.78 is 5.87. The number of ether oxygens (including phenoxy) is 1. The van der Waals surface area contributed by atoms with E-state index >= 15 is 0 Å². The second-order valence-corrected chi connectivity index (χ2v) is 6.33. The molecule has 2 aliphatic heterocycles. The SMILES string of the molecule is O=C1NCCO[C@H]2CN(Cc3ccc4ccccc4n3)CC[C@@H]12. The molecule has 0 bridgehead atoms. The van der Waals surface area contributed by atoms with Gasteiger partial charge in [-0.1, -0.05) is 24.3 Å². The lowest BCUT2D eigenvalue weighted by Crippen LogP contribution is -2.48. The molecule has 1 N–H and O–H groups in total. The number of benzene rings is 1. The number of nitrogens with zero attached hydrogens (tertiary/aromatic N) is 2. The maximum atomic E-state index is 12.0. The van der Waals surface area contributed by atoms with E-state index in [2.05, 4.69) is 28.4 Å². The first-order valence-electron chi connectivity index (χ1n) is 8.26. The molecule has 4 rings (SSSR count).